The zero-order valence-electron chi connectivity index (χ0n) is 22.8. The van der Waals surface area contributed by atoms with Gasteiger partial charge in [0.1, 0.15) is 23.4 Å². The third-order valence-corrected chi connectivity index (χ3v) is 10.3. The largest absolute Gasteiger partial charge is 0.493 e. The van der Waals surface area contributed by atoms with Crippen LogP contribution in [0.1, 0.15) is 34.4 Å². The first kappa shape index (κ1) is 27.0. The highest BCUT2D eigenvalue weighted by Crippen LogP contribution is 2.35. The molecule has 1 N–H and O–H groups in total. The number of fused-ring (bicyclic) bond motifs is 1. The van der Waals surface area contributed by atoms with Gasteiger partial charge in [-0.1, -0.05) is 36.4 Å². The minimum Gasteiger partial charge on any atom is -0.493 e. The highest BCUT2D eigenvalue weighted by Gasteiger charge is 2.39. The predicted molar refractivity (Wildman–Crippen MR) is 152 cm³/mol. The van der Waals surface area contributed by atoms with E-state index >= 15 is 0 Å². The summed E-state index contributed by atoms with van der Waals surface area (Å²) in [5.74, 6) is 2.52. The van der Waals surface area contributed by atoms with E-state index in [0.717, 1.165) is 45.1 Å². The SMILES string of the molecule is Cc1oc(-c2ccccc2)cc1CCOc1ccc(CCC2OC2O)c2c1CCN(S(=O)(=O)C1CN=CN1C)C2. The number of epoxide rings is 1. The number of nitrogens with zero attached hydrogens (tertiary/aromatic N) is 3. The zero-order chi connectivity index (χ0) is 27.9. The summed E-state index contributed by atoms with van der Waals surface area (Å²) in [6, 6.07) is 16.1. The molecule has 1 fully saturated rings. The van der Waals surface area contributed by atoms with Crippen molar-refractivity contribution in [3.63, 3.8) is 0 Å². The van der Waals surface area contributed by atoms with Gasteiger partial charge in [-0.05, 0) is 55.0 Å². The normalized spacial score (nSPS) is 22.5. The van der Waals surface area contributed by atoms with Gasteiger partial charge in [0.2, 0.25) is 10.0 Å². The molecular weight excluding hydrogens is 530 g/mol. The number of sulfonamides is 1. The Kier molecular flexibility index (Phi) is 7.43. The Labute approximate surface area is 235 Å². The zero-order valence-corrected chi connectivity index (χ0v) is 23.6. The van der Waals surface area contributed by atoms with Crippen LogP contribution in [0.5, 0.6) is 5.75 Å². The average molecular weight is 566 g/mol. The van der Waals surface area contributed by atoms with Crippen LogP contribution in [-0.4, -0.2) is 73.6 Å². The first-order valence-electron chi connectivity index (χ1n) is 13.8. The summed E-state index contributed by atoms with van der Waals surface area (Å²) in [6.07, 6.45) is 3.39. The van der Waals surface area contributed by atoms with Crippen molar-refractivity contribution in [1.82, 2.24) is 9.21 Å². The lowest BCUT2D eigenvalue weighted by Crippen LogP contribution is -2.47. The molecule has 3 aliphatic heterocycles. The Hall–Kier alpha value is -3.18. The smallest absolute Gasteiger partial charge is 0.237 e. The van der Waals surface area contributed by atoms with E-state index in [1.165, 1.54) is 0 Å². The van der Waals surface area contributed by atoms with Crippen molar-refractivity contribution in [3.8, 4) is 17.1 Å². The fourth-order valence-corrected chi connectivity index (χ4v) is 7.39. The number of hydrogen-bond acceptors (Lipinski definition) is 8. The molecule has 6 rings (SSSR count). The van der Waals surface area contributed by atoms with E-state index in [1.807, 2.05) is 49.4 Å². The topological polar surface area (TPSA) is 108 Å². The number of likely N-dealkylation sites (N-methyl/N-ethyl adjacent to an activating group) is 1. The van der Waals surface area contributed by atoms with E-state index in [9.17, 15) is 13.5 Å². The molecule has 3 aliphatic rings. The Morgan fingerprint density at radius 1 is 1.10 bits per heavy atom. The second-order valence-corrected chi connectivity index (χ2v) is 12.8. The first-order valence-corrected chi connectivity index (χ1v) is 15.3. The molecular formula is C30H35N3O6S. The van der Waals surface area contributed by atoms with Gasteiger partial charge < -0.3 is 23.9 Å². The maximum Gasteiger partial charge on any atom is 0.237 e. The molecule has 9 nitrogen and oxygen atoms in total. The van der Waals surface area contributed by atoms with Crippen LogP contribution in [0.3, 0.4) is 0 Å². The van der Waals surface area contributed by atoms with Crippen molar-refractivity contribution in [2.45, 2.75) is 56.9 Å². The maximum atomic E-state index is 13.5. The molecule has 3 aromatic rings. The van der Waals surface area contributed by atoms with Gasteiger partial charge in [0, 0.05) is 37.7 Å². The van der Waals surface area contributed by atoms with E-state index in [0.29, 0.717) is 45.4 Å². The lowest BCUT2D eigenvalue weighted by atomic mass is 9.92. The molecule has 40 heavy (non-hydrogen) atoms. The second-order valence-electron chi connectivity index (χ2n) is 10.7. The summed E-state index contributed by atoms with van der Waals surface area (Å²) in [7, 11) is -1.82. The van der Waals surface area contributed by atoms with E-state index in [2.05, 4.69) is 11.1 Å². The van der Waals surface area contributed by atoms with Crippen molar-refractivity contribution < 1.29 is 27.4 Å². The molecule has 3 atom stereocenters. The van der Waals surface area contributed by atoms with Crippen molar-refractivity contribution in [2.75, 3.05) is 26.7 Å². The van der Waals surface area contributed by atoms with Gasteiger partial charge in [-0.15, -0.1) is 0 Å². The Balaban J connectivity index is 1.19. The van der Waals surface area contributed by atoms with Gasteiger partial charge in [0.05, 0.1) is 19.5 Å². The Bertz CT molecular complexity index is 1500. The summed E-state index contributed by atoms with van der Waals surface area (Å²) in [5, 5.41) is 8.93. The molecule has 3 unspecified atom stereocenters. The van der Waals surface area contributed by atoms with Crippen LogP contribution in [0.15, 0.2) is 57.9 Å². The number of benzene rings is 2. The van der Waals surface area contributed by atoms with E-state index in [1.54, 1.807) is 22.6 Å². The molecule has 1 saturated heterocycles. The highest BCUT2D eigenvalue weighted by atomic mass is 32.2. The van der Waals surface area contributed by atoms with Crippen molar-refractivity contribution in [1.29, 1.82) is 0 Å². The molecule has 1 aromatic heterocycles. The fourth-order valence-electron chi connectivity index (χ4n) is 5.64. The number of aliphatic hydroxyl groups excluding tert-OH is 1. The molecule has 2 aromatic carbocycles. The van der Waals surface area contributed by atoms with Crippen molar-refractivity contribution in [3.05, 3.63) is 76.5 Å². The van der Waals surface area contributed by atoms with E-state index < -0.39 is 21.7 Å². The van der Waals surface area contributed by atoms with Crippen molar-refractivity contribution in [2.24, 2.45) is 4.99 Å². The minimum absolute atomic E-state index is 0.154. The van der Waals surface area contributed by atoms with Crippen LogP contribution in [0.4, 0.5) is 0 Å². The third-order valence-electron chi connectivity index (χ3n) is 8.08. The standard InChI is InChI=1S/C30H35N3O6S/c1-20-23(16-28(38-20)22-6-4-3-5-7-22)13-15-37-26-10-8-21(9-11-27-30(34)39-27)25-18-33(14-12-24(25)26)40(35,36)29-17-31-19-32(29)2/h3-8,10,16,19,27,29-30,34H,9,11-15,17-18H2,1-2H3. The average Bonchev–Trinajstić information content (AvgIpc) is 3.28. The van der Waals surface area contributed by atoms with Gasteiger partial charge in [0.25, 0.3) is 0 Å². The van der Waals surface area contributed by atoms with Crippen LogP contribution >= 0.6 is 0 Å². The summed E-state index contributed by atoms with van der Waals surface area (Å²) < 4.78 is 46.1. The molecule has 4 heterocycles. The van der Waals surface area contributed by atoms with Crippen LogP contribution in [0.25, 0.3) is 11.3 Å². The number of furan rings is 1. The monoisotopic (exact) mass is 565 g/mol. The summed E-state index contributed by atoms with van der Waals surface area (Å²) in [5.41, 5.74) is 5.27. The molecule has 0 saturated carbocycles. The highest BCUT2D eigenvalue weighted by molar-refractivity contribution is 7.89. The minimum atomic E-state index is -3.57. The van der Waals surface area contributed by atoms with Crippen molar-refractivity contribution >= 4 is 16.4 Å². The van der Waals surface area contributed by atoms with Crippen LogP contribution in [0.2, 0.25) is 0 Å². The second kappa shape index (κ2) is 11.0. The summed E-state index contributed by atoms with van der Waals surface area (Å²) in [6.45, 7) is 3.39. The van der Waals surface area contributed by atoms with Gasteiger partial charge in [-0.3, -0.25) is 4.99 Å². The number of aliphatic imine (C=N–C) groups is 1. The molecule has 0 aliphatic carbocycles. The lowest BCUT2D eigenvalue weighted by Gasteiger charge is -2.34. The van der Waals surface area contributed by atoms with Gasteiger partial charge in [-0.2, -0.15) is 4.31 Å². The lowest BCUT2D eigenvalue weighted by molar-refractivity contribution is 0.156. The van der Waals surface area contributed by atoms with E-state index in [-0.39, 0.29) is 12.6 Å². The molecule has 212 valence electrons. The summed E-state index contributed by atoms with van der Waals surface area (Å²) >= 11 is 0. The quantitative estimate of drug-likeness (QED) is 0.375. The number of aliphatic hydroxyl groups is 1. The maximum absolute atomic E-state index is 13.5. The van der Waals surface area contributed by atoms with Crippen LogP contribution in [-0.2, 0) is 40.6 Å². The van der Waals surface area contributed by atoms with Gasteiger partial charge >= 0.3 is 0 Å². The molecule has 0 bridgehead atoms. The predicted octanol–water partition coefficient (Wildman–Crippen LogP) is 3.51. The Morgan fingerprint density at radius 2 is 1.90 bits per heavy atom. The third kappa shape index (κ3) is 5.41. The first-order chi connectivity index (χ1) is 19.3. The molecule has 0 amide bonds. The number of ether oxygens (including phenoxy) is 2. The van der Waals surface area contributed by atoms with Gasteiger partial charge in [0.15, 0.2) is 11.7 Å². The molecule has 0 radical (unpaired) electrons. The van der Waals surface area contributed by atoms with Crippen LogP contribution in [0, 0.1) is 6.92 Å². The summed E-state index contributed by atoms with van der Waals surface area (Å²) in [4.78, 5) is 5.82. The fraction of sp³-hybridized carbons (Fsp3) is 0.433. The Morgan fingerprint density at radius 3 is 2.62 bits per heavy atom. The number of aryl methyl sites for hydroxylation is 2. The molecule has 0 spiro atoms. The number of hydrogen-bond donors (Lipinski definition) is 1. The van der Waals surface area contributed by atoms with Crippen LogP contribution < -0.4 is 4.74 Å². The number of rotatable bonds is 10. The van der Waals surface area contributed by atoms with Gasteiger partial charge in [-0.25, -0.2) is 8.42 Å². The van der Waals surface area contributed by atoms with E-state index in [4.69, 9.17) is 13.9 Å². The molecule has 10 heteroatoms.